The highest BCUT2D eigenvalue weighted by Gasteiger charge is 2.30. The molecule has 2 aromatic rings. The van der Waals surface area contributed by atoms with Crippen LogP contribution in [0.2, 0.25) is 0 Å². The maximum absolute atomic E-state index is 12.5. The lowest BCUT2D eigenvalue weighted by atomic mass is 9.93. The first-order valence-electron chi connectivity index (χ1n) is 9.83. The number of nitrogens with zero attached hydrogens (tertiary/aromatic N) is 5. The predicted molar refractivity (Wildman–Crippen MR) is 95.5 cm³/mol. The van der Waals surface area contributed by atoms with Gasteiger partial charge in [0.15, 0.2) is 5.82 Å². The molecule has 1 aliphatic carbocycles. The van der Waals surface area contributed by atoms with E-state index in [1.54, 1.807) is 6.20 Å². The second-order valence-corrected chi connectivity index (χ2v) is 7.49. The van der Waals surface area contributed by atoms with Crippen LogP contribution in [-0.4, -0.2) is 43.6 Å². The van der Waals surface area contributed by atoms with Crippen molar-refractivity contribution in [3.8, 4) is 0 Å². The minimum atomic E-state index is 0.245. The number of rotatable bonds is 7. The van der Waals surface area contributed by atoms with E-state index in [-0.39, 0.29) is 5.91 Å². The highest BCUT2D eigenvalue weighted by atomic mass is 16.5. The lowest BCUT2D eigenvalue weighted by Gasteiger charge is -2.31. The van der Waals surface area contributed by atoms with Crippen molar-refractivity contribution in [2.24, 2.45) is 5.92 Å². The van der Waals surface area contributed by atoms with Crippen LogP contribution in [0, 0.1) is 5.92 Å². The Morgan fingerprint density at radius 2 is 2.08 bits per heavy atom. The Kier molecular flexibility index (Phi) is 5.04. The molecule has 1 saturated carbocycles. The van der Waals surface area contributed by atoms with Gasteiger partial charge in [0.25, 0.3) is 0 Å². The molecule has 3 heterocycles. The molecule has 1 saturated heterocycles. The highest BCUT2D eigenvalue weighted by molar-refractivity contribution is 5.76. The second-order valence-electron chi connectivity index (χ2n) is 7.49. The van der Waals surface area contributed by atoms with Crippen LogP contribution in [0.25, 0.3) is 0 Å². The van der Waals surface area contributed by atoms with Gasteiger partial charge in [0.1, 0.15) is 5.82 Å². The van der Waals surface area contributed by atoms with Crippen molar-refractivity contribution in [3.05, 3.63) is 29.9 Å². The molecule has 0 N–H and O–H groups in total. The van der Waals surface area contributed by atoms with Crippen LogP contribution in [0.1, 0.15) is 62.5 Å². The maximum atomic E-state index is 12.5. The minimum absolute atomic E-state index is 0.245. The van der Waals surface area contributed by atoms with Gasteiger partial charge in [-0.2, -0.15) is 4.98 Å². The zero-order valence-corrected chi connectivity index (χ0v) is 15.4. The summed E-state index contributed by atoms with van der Waals surface area (Å²) in [6.07, 6.45) is 10.5. The summed E-state index contributed by atoms with van der Waals surface area (Å²) < 4.78 is 7.42. The van der Waals surface area contributed by atoms with Crippen LogP contribution in [0.3, 0.4) is 0 Å². The van der Waals surface area contributed by atoms with Crippen LogP contribution in [-0.2, 0) is 24.2 Å². The SMILES string of the molecule is CCc1nccn1CCC(=O)N1CCC(Cc2noc(C3CC3)n2)CC1. The average Bonchev–Trinajstić information content (AvgIpc) is 3.24. The summed E-state index contributed by atoms with van der Waals surface area (Å²) >= 11 is 0. The molecule has 1 aliphatic heterocycles. The Morgan fingerprint density at radius 1 is 1.27 bits per heavy atom. The number of carbonyl (C=O) groups excluding carboxylic acids is 1. The number of aromatic nitrogens is 4. The Balaban J connectivity index is 1.21. The highest BCUT2D eigenvalue weighted by Crippen LogP contribution is 2.39. The molecule has 4 rings (SSSR count). The van der Waals surface area contributed by atoms with Crippen LogP contribution < -0.4 is 0 Å². The van der Waals surface area contributed by atoms with E-state index in [1.165, 1.54) is 12.8 Å². The van der Waals surface area contributed by atoms with Crippen molar-refractivity contribution < 1.29 is 9.32 Å². The van der Waals surface area contributed by atoms with E-state index in [0.717, 1.165) is 62.9 Å². The van der Waals surface area contributed by atoms with Gasteiger partial charge in [-0.25, -0.2) is 4.98 Å². The fraction of sp³-hybridized carbons (Fsp3) is 0.684. The summed E-state index contributed by atoms with van der Waals surface area (Å²) in [5, 5.41) is 4.12. The minimum Gasteiger partial charge on any atom is -0.343 e. The smallest absolute Gasteiger partial charge is 0.229 e. The Hall–Kier alpha value is -2.18. The zero-order chi connectivity index (χ0) is 17.9. The van der Waals surface area contributed by atoms with Gasteiger partial charge in [-0.15, -0.1) is 0 Å². The number of amides is 1. The van der Waals surface area contributed by atoms with Crippen molar-refractivity contribution in [1.82, 2.24) is 24.6 Å². The van der Waals surface area contributed by atoms with Crippen molar-refractivity contribution in [1.29, 1.82) is 0 Å². The topological polar surface area (TPSA) is 77.0 Å². The summed E-state index contributed by atoms with van der Waals surface area (Å²) in [4.78, 5) is 23.3. The molecule has 2 aliphatic rings. The summed E-state index contributed by atoms with van der Waals surface area (Å²) in [5.41, 5.74) is 0. The fourth-order valence-corrected chi connectivity index (χ4v) is 3.72. The second kappa shape index (κ2) is 7.60. The quantitative estimate of drug-likeness (QED) is 0.761. The molecule has 0 radical (unpaired) electrons. The Morgan fingerprint density at radius 3 is 2.81 bits per heavy atom. The van der Waals surface area contributed by atoms with Gasteiger partial charge >= 0.3 is 0 Å². The van der Waals surface area contributed by atoms with E-state index in [9.17, 15) is 4.79 Å². The van der Waals surface area contributed by atoms with Crippen LogP contribution >= 0.6 is 0 Å². The van der Waals surface area contributed by atoms with Crippen LogP contribution in [0.5, 0.6) is 0 Å². The predicted octanol–water partition coefficient (Wildman–Crippen LogP) is 2.58. The van der Waals surface area contributed by atoms with Gasteiger partial charge < -0.3 is 14.0 Å². The number of aryl methyl sites for hydroxylation is 2. The maximum Gasteiger partial charge on any atom is 0.229 e. The van der Waals surface area contributed by atoms with Gasteiger partial charge in [-0.3, -0.25) is 4.79 Å². The first-order chi connectivity index (χ1) is 12.7. The van der Waals surface area contributed by atoms with Gasteiger partial charge in [0.05, 0.1) is 0 Å². The molecule has 7 heteroatoms. The first kappa shape index (κ1) is 17.2. The molecular formula is C19H27N5O2. The van der Waals surface area contributed by atoms with Crippen molar-refractivity contribution >= 4 is 5.91 Å². The van der Waals surface area contributed by atoms with Gasteiger partial charge in [-0.05, 0) is 31.6 Å². The Labute approximate surface area is 153 Å². The number of hydrogen-bond acceptors (Lipinski definition) is 5. The third-order valence-corrected chi connectivity index (χ3v) is 5.53. The van der Waals surface area contributed by atoms with Crippen molar-refractivity contribution in [2.75, 3.05) is 13.1 Å². The molecule has 140 valence electrons. The molecule has 26 heavy (non-hydrogen) atoms. The lowest BCUT2D eigenvalue weighted by Crippen LogP contribution is -2.39. The first-order valence-corrected chi connectivity index (χ1v) is 9.83. The molecular weight excluding hydrogens is 330 g/mol. The monoisotopic (exact) mass is 357 g/mol. The molecule has 1 amide bonds. The summed E-state index contributed by atoms with van der Waals surface area (Å²) in [5.74, 6) is 4.00. The average molecular weight is 357 g/mol. The molecule has 0 atom stereocenters. The normalized spacial score (nSPS) is 18.4. The number of carbonyl (C=O) groups is 1. The number of hydrogen-bond donors (Lipinski definition) is 0. The largest absolute Gasteiger partial charge is 0.343 e. The van der Waals surface area contributed by atoms with E-state index in [0.29, 0.717) is 18.3 Å². The van der Waals surface area contributed by atoms with Gasteiger partial charge in [-0.1, -0.05) is 12.1 Å². The van der Waals surface area contributed by atoms with E-state index in [4.69, 9.17) is 4.52 Å². The molecule has 2 fully saturated rings. The third-order valence-electron chi connectivity index (χ3n) is 5.53. The number of likely N-dealkylation sites (tertiary alicyclic amines) is 1. The van der Waals surface area contributed by atoms with E-state index in [2.05, 4.69) is 26.6 Å². The van der Waals surface area contributed by atoms with Gasteiger partial charge in [0.2, 0.25) is 11.8 Å². The van der Waals surface area contributed by atoms with Crippen molar-refractivity contribution in [3.63, 3.8) is 0 Å². The van der Waals surface area contributed by atoms with E-state index >= 15 is 0 Å². The number of piperidine rings is 1. The Bertz CT molecular complexity index is 741. The summed E-state index contributed by atoms with van der Waals surface area (Å²) in [6, 6.07) is 0. The van der Waals surface area contributed by atoms with E-state index in [1.807, 2.05) is 11.1 Å². The lowest BCUT2D eigenvalue weighted by molar-refractivity contribution is -0.132. The molecule has 0 unspecified atom stereocenters. The van der Waals surface area contributed by atoms with Crippen LogP contribution in [0.4, 0.5) is 0 Å². The summed E-state index contributed by atoms with van der Waals surface area (Å²) in [6.45, 7) is 4.47. The van der Waals surface area contributed by atoms with Crippen LogP contribution in [0.15, 0.2) is 16.9 Å². The third kappa shape index (κ3) is 3.97. The van der Waals surface area contributed by atoms with Crippen molar-refractivity contribution in [2.45, 2.75) is 64.3 Å². The molecule has 0 aromatic carbocycles. The fourth-order valence-electron chi connectivity index (χ4n) is 3.72. The molecule has 2 aromatic heterocycles. The zero-order valence-electron chi connectivity index (χ0n) is 15.4. The molecule has 0 spiro atoms. The van der Waals surface area contributed by atoms with E-state index < -0.39 is 0 Å². The summed E-state index contributed by atoms with van der Waals surface area (Å²) in [7, 11) is 0. The molecule has 7 nitrogen and oxygen atoms in total. The number of imidazole rings is 1. The molecule has 0 bridgehead atoms. The standard InChI is InChI=1S/C19H27N5O2/c1-2-17-20-8-12-23(17)11-7-18(25)24-9-5-14(6-10-24)13-16-21-19(26-22-16)15-3-4-15/h8,12,14-15H,2-7,9-11,13H2,1H3. The van der Waals surface area contributed by atoms with Gasteiger partial charge in [0, 0.05) is 57.2 Å².